The molecule has 1 saturated heterocycles. The molecule has 3 heterocycles. The molecule has 4 rings (SSSR count). The van der Waals surface area contributed by atoms with Gasteiger partial charge in [0.25, 0.3) is 10.0 Å². The first-order valence-electron chi connectivity index (χ1n) is 8.57. The van der Waals surface area contributed by atoms with Crippen molar-refractivity contribution in [3.63, 3.8) is 0 Å². The molecule has 0 bridgehead atoms. The minimum Gasteiger partial charge on any atom is -0.381 e. The summed E-state index contributed by atoms with van der Waals surface area (Å²) in [6, 6.07) is 8.37. The lowest BCUT2D eigenvalue weighted by molar-refractivity contribution is 0.0853. The zero-order chi connectivity index (χ0) is 17.4. The third-order valence-electron chi connectivity index (χ3n) is 4.82. The standard InChI is InChI=1S/C18H21N3O3S/c1-13-12-17(18-20-25(22,23)11-8-21(18)19-13)16-4-2-14(3-5-16)15-6-9-24-10-7-15/h2-5,12,15H,6-11H2,1H3. The molecule has 0 amide bonds. The monoisotopic (exact) mass is 359 g/mol. The predicted octanol–water partition coefficient (Wildman–Crippen LogP) is 2.40. The Bertz CT molecular complexity index is 863. The minimum atomic E-state index is -3.41. The number of hydrogen-bond donors (Lipinski definition) is 0. The average Bonchev–Trinajstić information content (AvgIpc) is 2.62. The molecule has 132 valence electrons. The Balaban J connectivity index is 1.67. The molecule has 0 unspecified atom stereocenters. The molecule has 7 heteroatoms. The number of allylic oxidation sites excluding steroid dienone is 1. The van der Waals surface area contributed by atoms with Gasteiger partial charge in [-0.2, -0.15) is 5.10 Å². The van der Waals surface area contributed by atoms with Crippen LogP contribution in [-0.4, -0.2) is 50.5 Å². The molecule has 25 heavy (non-hydrogen) atoms. The van der Waals surface area contributed by atoms with E-state index in [2.05, 4.69) is 33.8 Å². The van der Waals surface area contributed by atoms with E-state index < -0.39 is 10.0 Å². The number of benzene rings is 1. The molecule has 0 aliphatic carbocycles. The van der Waals surface area contributed by atoms with Gasteiger partial charge in [0.15, 0.2) is 5.84 Å². The second kappa shape index (κ2) is 6.38. The van der Waals surface area contributed by atoms with Gasteiger partial charge in [0.05, 0.1) is 18.0 Å². The van der Waals surface area contributed by atoms with Gasteiger partial charge in [0.2, 0.25) is 0 Å². The lowest BCUT2D eigenvalue weighted by atomic mass is 9.90. The quantitative estimate of drug-likeness (QED) is 0.813. The molecule has 3 aliphatic rings. The van der Waals surface area contributed by atoms with E-state index in [1.54, 1.807) is 5.01 Å². The Kier molecular flexibility index (Phi) is 4.21. The van der Waals surface area contributed by atoms with Crippen molar-refractivity contribution in [2.24, 2.45) is 9.50 Å². The third-order valence-corrected chi connectivity index (χ3v) is 5.97. The molecule has 1 fully saturated rings. The maximum absolute atomic E-state index is 11.9. The Labute approximate surface area is 147 Å². The van der Waals surface area contributed by atoms with Gasteiger partial charge < -0.3 is 4.74 Å². The highest BCUT2D eigenvalue weighted by Crippen LogP contribution is 2.30. The van der Waals surface area contributed by atoms with Crippen LogP contribution >= 0.6 is 0 Å². The third kappa shape index (κ3) is 3.39. The van der Waals surface area contributed by atoms with E-state index in [1.807, 2.05) is 13.0 Å². The number of rotatable bonds is 2. The van der Waals surface area contributed by atoms with E-state index in [0.717, 1.165) is 42.9 Å². The van der Waals surface area contributed by atoms with Crippen molar-refractivity contribution in [2.45, 2.75) is 25.7 Å². The van der Waals surface area contributed by atoms with E-state index in [9.17, 15) is 8.42 Å². The Morgan fingerprint density at radius 1 is 1.16 bits per heavy atom. The molecule has 0 N–H and O–H groups in total. The van der Waals surface area contributed by atoms with Gasteiger partial charge in [0.1, 0.15) is 0 Å². The number of amidine groups is 1. The van der Waals surface area contributed by atoms with Crippen LogP contribution in [0.4, 0.5) is 0 Å². The Hall–Kier alpha value is -1.99. The number of ether oxygens (including phenoxy) is 1. The molecule has 0 radical (unpaired) electrons. The summed E-state index contributed by atoms with van der Waals surface area (Å²) < 4.78 is 33.2. The number of nitrogens with zero attached hydrogens (tertiary/aromatic N) is 3. The molecule has 0 atom stereocenters. The number of fused-ring (bicyclic) bond motifs is 1. The second-order valence-corrected chi connectivity index (χ2v) is 8.39. The van der Waals surface area contributed by atoms with Crippen LogP contribution in [0.3, 0.4) is 0 Å². The minimum absolute atomic E-state index is 0.00322. The van der Waals surface area contributed by atoms with Crippen LogP contribution in [-0.2, 0) is 14.8 Å². The van der Waals surface area contributed by atoms with Crippen molar-refractivity contribution in [2.75, 3.05) is 25.5 Å². The molecule has 0 aromatic heterocycles. The van der Waals surface area contributed by atoms with Gasteiger partial charge in [-0.25, -0.2) is 13.4 Å². The van der Waals surface area contributed by atoms with E-state index in [0.29, 0.717) is 18.3 Å². The van der Waals surface area contributed by atoms with Crippen LogP contribution in [0.25, 0.3) is 5.57 Å². The predicted molar refractivity (Wildman–Crippen MR) is 98.2 cm³/mol. The van der Waals surface area contributed by atoms with Crippen LogP contribution in [0, 0.1) is 0 Å². The van der Waals surface area contributed by atoms with Crippen molar-refractivity contribution in [1.82, 2.24) is 5.01 Å². The van der Waals surface area contributed by atoms with E-state index in [4.69, 9.17) is 4.74 Å². The fourth-order valence-corrected chi connectivity index (χ4v) is 4.44. The highest BCUT2D eigenvalue weighted by atomic mass is 32.2. The van der Waals surface area contributed by atoms with Gasteiger partial charge in [0, 0.05) is 18.8 Å². The number of hydrogen-bond acceptors (Lipinski definition) is 5. The molecule has 0 saturated carbocycles. The van der Waals surface area contributed by atoms with Gasteiger partial charge in [-0.3, -0.25) is 0 Å². The van der Waals surface area contributed by atoms with E-state index in [-0.39, 0.29) is 5.75 Å². The zero-order valence-electron chi connectivity index (χ0n) is 14.2. The molecule has 3 aliphatic heterocycles. The molecule has 1 aromatic carbocycles. The average molecular weight is 359 g/mol. The summed E-state index contributed by atoms with van der Waals surface area (Å²) in [5, 5.41) is 6.09. The van der Waals surface area contributed by atoms with Crippen LogP contribution in [0.5, 0.6) is 0 Å². The highest BCUT2D eigenvalue weighted by Gasteiger charge is 2.29. The molecule has 6 nitrogen and oxygen atoms in total. The van der Waals surface area contributed by atoms with Crippen molar-refractivity contribution in [3.8, 4) is 0 Å². The van der Waals surface area contributed by atoms with Crippen LogP contribution < -0.4 is 0 Å². The first kappa shape index (κ1) is 16.5. The Morgan fingerprint density at radius 2 is 1.88 bits per heavy atom. The summed E-state index contributed by atoms with van der Waals surface area (Å²) in [7, 11) is -3.41. The van der Waals surface area contributed by atoms with Crippen molar-refractivity contribution >= 4 is 27.1 Å². The summed E-state index contributed by atoms with van der Waals surface area (Å²) in [6.45, 7) is 3.89. The maximum Gasteiger partial charge on any atom is 0.256 e. The van der Waals surface area contributed by atoms with Crippen LogP contribution in [0.1, 0.15) is 36.8 Å². The van der Waals surface area contributed by atoms with E-state index >= 15 is 0 Å². The van der Waals surface area contributed by atoms with Gasteiger partial charge in [-0.15, -0.1) is 4.40 Å². The van der Waals surface area contributed by atoms with Crippen LogP contribution in [0.2, 0.25) is 0 Å². The zero-order valence-corrected chi connectivity index (χ0v) is 15.0. The molecular weight excluding hydrogens is 338 g/mol. The number of sulfonamides is 1. The maximum atomic E-state index is 11.9. The smallest absolute Gasteiger partial charge is 0.256 e. The topological polar surface area (TPSA) is 71.3 Å². The van der Waals surface area contributed by atoms with Gasteiger partial charge in [-0.1, -0.05) is 24.3 Å². The summed E-state index contributed by atoms with van der Waals surface area (Å²) in [5.41, 5.74) is 3.94. The fraction of sp³-hybridized carbons (Fsp3) is 0.444. The van der Waals surface area contributed by atoms with Gasteiger partial charge in [-0.05, 0) is 42.9 Å². The summed E-state index contributed by atoms with van der Waals surface area (Å²) in [5.74, 6) is 0.967. The number of hydrazone groups is 1. The molecule has 0 spiro atoms. The normalized spacial score (nSPS) is 23.4. The SMILES string of the molecule is CC1=NN2CCS(=O)(=O)N=C2C(c2ccc(C3CCOCC3)cc2)=C1. The first-order valence-corrected chi connectivity index (χ1v) is 10.2. The summed E-state index contributed by atoms with van der Waals surface area (Å²) in [4.78, 5) is 0. The summed E-state index contributed by atoms with van der Waals surface area (Å²) >= 11 is 0. The Morgan fingerprint density at radius 3 is 2.60 bits per heavy atom. The fourth-order valence-electron chi connectivity index (χ4n) is 3.49. The van der Waals surface area contributed by atoms with Crippen molar-refractivity contribution in [3.05, 3.63) is 41.5 Å². The largest absolute Gasteiger partial charge is 0.381 e. The van der Waals surface area contributed by atoms with Crippen LogP contribution in [0.15, 0.2) is 39.8 Å². The second-order valence-electron chi connectivity index (χ2n) is 6.63. The lowest BCUT2D eigenvalue weighted by Gasteiger charge is -2.29. The van der Waals surface area contributed by atoms with Gasteiger partial charge >= 0.3 is 0 Å². The van der Waals surface area contributed by atoms with E-state index in [1.165, 1.54) is 5.56 Å². The molecular formula is C18H21N3O3S. The highest BCUT2D eigenvalue weighted by molar-refractivity contribution is 7.90. The molecule has 1 aromatic rings. The van der Waals surface area contributed by atoms with Crippen molar-refractivity contribution < 1.29 is 13.2 Å². The van der Waals surface area contributed by atoms with Crippen molar-refractivity contribution in [1.29, 1.82) is 0 Å². The first-order chi connectivity index (χ1) is 12.0. The lowest BCUT2D eigenvalue weighted by Crippen LogP contribution is -2.39. The summed E-state index contributed by atoms with van der Waals surface area (Å²) in [6.07, 6.45) is 4.00.